The molecule has 9 heteroatoms. The molecule has 8 atom stereocenters. The minimum absolute atomic E-state index is 0.0867. The van der Waals surface area contributed by atoms with E-state index in [-0.39, 0.29) is 24.1 Å². The van der Waals surface area contributed by atoms with Gasteiger partial charge in [0.25, 0.3) is 0 Å². The van der Waals surface area contributed by atoms with Crippen LogP contribution in [0.4, 0.5) is 0 Å². The number of fused-ring (bicyclic) bond motifs is 5. The molecule has 1 saturated heterocycles. The molecule has 5 rings (SSSR count). The summed E-state index contributed by atoms with van der Waals surface area (Å²) < 4.78 is 22.3. The molecule has 1 aromatic heterocycles. The van der Waals surface area contributed by atoms with Crippen LogP contribution in [0.2, 0.25) is 0 Å². The highest BCUT2D eigenvalue weighted by atomic mass is 16.6. The molecule has 2 saturated carbocycles. The molecule has 1 aliphatic heterocycles. The van der Waals surface area contributed by atoms with Crippen molar-refractivity contribution < 1.29 is 42.9 Å². The highest BCUT2D eigenvalue weighted by Gasteiger charge is 2.70. The van der Waals surface area contributed by atoms with Crippen LogP contribution in [0.5, 0.6) is 0 Å². The maximum absolute atomic E-state index is 14.5. The molecule has 2 bridgehead atoms. The third kappa shape index (κ3) is 4.14. The first-order valence-corrected chi connectivity index (χ1v) is 14.3. The smallest absolute Gasteiger partial charge is 0.335 e. The van der Waals surface area contributed by atoms with E-state index < -0.39 is 58.3 Å². The fraction of sp³-hybridized carbons (Fsp3) is 0.625. The lowest BCUT2D eigenvalue weighted by atomic mass is 9.40. The van der Waals surface area contributed by atoms with E-state index in [1.807, 2.05) is 20.8 Å². The minimum atomic E-state index is -1.62. The molecule has 41 heavy (non-hydrogen) atoms. The molecule has 1 N–H and O–H groups in total. The molecule has 0 unspecified atom stereocenters. The lowest BCUT2D eigenvalue weighted by Gasteiger charge is -2.64. The number of hydrogen-bond acceptors (Lipinski definition) is 9. The van der Waals surface area contributed by atoms with E-state index in [0.29, 0.717) is 24.8 Å². The van der Waals surface area contributed by atoms with Crippen LogP contribution in [-0.2, 0) is 33.4 Å². The number of hydrogen-bond donors (Lipinski definition) is 1. The van der Waals surface area contributed by atoms with Gasteiger partial charge in [0.05, 0.1) is 32.0 Å². The predicted octanol–water partition coefficient (Wildman–Crippen LogP) is 4.64. The first-order valence-electron chi connectivity index (χ1n) is 14.3. The maximum atomic E-state index is 14.5. The number of carbonyl (C=O) groups excluding carboxylic acids is 4. The number of cyclic esters (lactones) is 1. The van der Waals surface area contributed by atoms with Crippen LogP contribution in [0.1, 0.15) is 78.9 Å². The molecule has 3 aliphatic carbocycles. The zero-order valence-corrected chi connectivity index (χ0v) is 24.8. The second kappa shape index (κ2) is 9.96. The highest BCUT2D eigenvalue weighted by Crippen LogP contribution is 2.68. The molecular weight excluding hydrogens is 528 g/mol. The first-order chi connectivity index (χ1) is 19.2. The summed E-state index contributed by atoms with van der Waals surface area (Å²) in [6, 6.07) is 1.80. The molecule has 9 nitrogen and oxygen atoms in total. The van der Waals surface area contributed by atoms with Crippen molar-refractivity contribution in [2.75, 3.05) is 7.11 Å². The van der Waals surface area contributed by atoms with Crippen molar-refractivity contribution in [3.8, 4) is 0 Å². The van der Waals surface area contributed by atoms with E-state index in [9.17, 15) is 24.3 Å². The van der Waals surface area contributed by atoms with Crippen LogP contribution >= 0.6 is 0 Å². The number of methoxy groups -OCH3 is 1. The van der Waals surface area contributed by atoms with E-state index in [0.717, 1.165) is 16.7 Å². The van der Waals surface area contributed by atoms with Crippen molar-refractivity contribution in [2.24, 2.45) is 34.0 Å². The lowest BCUT2D eigenvalue weighted by Crippen LogP contribution is -2.69. The molecule has 3 fully saturated rings. The summed E-state index contributed by atoms with van der Waals surface area (Å²) in [5, 5.41) is 11.5. The monoisotopic (exact) mass is 568 g/mol. The summed E-state index contributed by atoms with van der Waals surface area (Å²) in [4.78, 5) is 53.5. The summed E-state index contributed by atoms with van der Waals surface area (Å²) >= 11 is 0. The van der Waals surface area contributed by atoms with Gasteiger partial charge >= 0.3 is 17.9 Å². The quantitative estimate of drug-likeness (QED) is 0.234. The third-order valence-electron chi connectivity index (χ3n) is 10.8. The minimum Gasteiger partial charge on any atom is -0.472 e. The van der Waals surface area contributed by atoms with Gasteiger partial charge in [0.2, 0.25) is 0 Å². The number of ketones is 1. The van der Waals surface area contributed by atoms with Crippen molar-refractivity contribution in [3.63, 3.8) is 0 Å². The van der Waals surface area contributed by atoms with E-state index in [2.05, 4.69) is 6.92 Å². The average Bonchev–Trinajstić information content (AvgIpc) is 3.46. The van der Waals surface area contributed by atoms with Crippen LogP contribution in [-0.4, -0.2) is 48.1 Å². The molecular formula is C32H40O9. The van der Waals surface area contributed by atoms with Gasteiger partial charge in [0, 0.05) is 33.3 Å². The molecule has 2 heterocycles. The summed E-state index contributed by atoms with van der Waals surface area (Å²) in [5.41, 5.74) is 0.392. The van der Waals surface area contributed by atoms with Gasteiger partial charge in [-0.2, -0.15) is 0 Å². The number of furan rings is 1. The van der Waals surface area contributed by atoms with Crippen LogP contribution in [0, 0.1) is 34.0 Å². The fourth-order valence-corrected chi connectivity index (χ4v) is 8.72. The van der Waals surface area contributed by atoms with Crippen LogP contribution in [0.3, 0.4) is 0 Å². The summed E-state index contributed by atoms with van der Waals surface area (Å²) in [6.45, 7) is 11.0. The summed E-state index contributed by atoms with van der Waals surface area (Å²) in [6.07, 6.45) is 3.34. The number of ether oxygens (including phenoxy) is 3. The zero-order chi connectivity index (χ0) is 30.1. The van der Waals surface area contributed by atoms with Gasteiger partial charge in [-0.25, -0.2) is 9.59 Å². The Balaban J connectivity index is 1.71. The molecule has 4 aliphatic rings. The van der Waals surface area contributed by atoms with Gasteiger partial charge in [0.1, 0.15) is 18.0 Å². The van der Waals surface area contributed by atoms with Crippen molar-refractivity contribution >= 4 is 23.7 Å². The predicted molar refractivity (Wildman–Crippen MR) is 146 cm³/mol. The SMILES string of the molecule is C/C=C(/C)C(=O)O[C@@H]1[C@@H]2CC3=C4CC(=O)O[C@@H](c5ccoc5)[C@]4(C)CC[C@@H]3[C@@](C)(C2=O)[C@@H]([C@@H](O)C(=O)OC)C1(C)C. The molecule has 222 valence electrons. The van der Waals surface area contributed by atoms with Crippen molar-refractivity contribution in [2.45, 2.75) is 85.5 Å². The van der Waals surface area contributed by atoms with Gasteiger partial charge in [-0.05, 0) is 50.7 Å². The highest BCUT2D eigenvalue weighted by molar-refractivity contribution is 5.94. The number of Topliss-reactive ketones (excluding diaryl/α,β-unsaturated/α-hetero) is 1. The standard InChI is InChI=1S/C32H40O9/c1-8-16(2)28(36)41-27-19-13-18-20(32(6,25(19)35)24(30(27,3)4)23(34)29(37)38-7)9-11-31(5)21(18)14-22(33)40-26(31)17-10-12-39-15-17/h8,10,12,15,19-20,23-24,26-27,34H,9,11,13-14H2,1-7H3/b16-8-/t19-,20+,23-,24+,26+,27-,31-,32-/m1/s1. The van der Waals surface area contributed by atoms with Gasteiger partial charge in [0.15, 0.2) is 6.10 Å². The van der Waals surface area contributed by atoms with E-state index >= 15 is 0 Å². The summed E-state index contributed by atoms with van der Waals surface area (Å²) in [7, 11) is 1.20. The topological polar surface area (TPSA) is 129 Å². The van der Waals surface area contributed by atoms with Crippen molar-refractivity contribution in [1.29, 1.82) is 0 Å². The van der Waals surface area contributed by atoms with E-state index in [1.165, 1.54) is 7.11 Å². The van der Waals surface area contributed by atoms with Crippen LogP contribution in [0.25, 0.3) is 0 Å². The Morgan fingerprint density at radius 3 is 2.51 bits per heavy atom. The normalized spacial score (nSPS) is 37.0. The van der Waals surface area contributed by atoms with Crippen molar-refractivity contribution in [1.82, 2.24) is 0 Å². The molecule has 1 aromatic rings. The lowest BCUT2D eigenvalue weighted by molar-refractivity contribution is -0.211. The maximum Gasteiger partial charge on any atom is 0.335 e. The Morgan fingerprint density at radius 1 is 1.20 bits per heavy atom. The fourth-order valence-electron chi connectivity index (χ4n) is 8.72. The first kappa shape index (κ1) is 29.3. The van der Waals surface area contributed by atoms with Crippen molar-refractivity contribution in [3.05, 3.63) is 47.0 Å². The molecule has 0 aromatic carbocycles. The number of allylic oxidation sites excluding steroid dienone is 2. The number of esters is 3. The number of carbonyl (C=O) groups is 4. The van der Waals surface area contributed by atoms with Gasteiger partial charge in [-0.3, -0.25) is 9.59 Å². The Kier molecular flexibility index (Phi) is 7.12. The second-order valence-electron chi connectivity index (χ2n) is 13.1. The summed E-state index contributed by atoms with van der Waals surface area (Å²) in [5.74, 6) is -3.83. The number of aliphatic hydroxyl groups is 1. The largest absolute Gasteiger partial charge is 0.472 e. The van der Waals surface area contributed by atoms with Crippen LogP contribution in [0.15, 0.2) is 45.8 Å². The Hall–Kier alpha value is -3.20. The Labute approximate surface area is 240 Å². The van der Waals surface area contributed by atoms with Gasteiger partial charge in [-0.15, -0.1) is 0 Å². The average molecular weight is 569 g/mol. The zero-order valence-electron chi connectivity index (χ0n) is 24.8. The molecule has 0 spiro atoms. The van der Waals surface area contributed by atoms with E-state index in [1.54, 1.807) is 38.5 Å². The second-order valence-corrected chi connectivity index (χ2v) is 13.1. The van der Waals surface area contributed by atoms with E-state index in [4.69, 9.17) is 18.6 Å². The number of rotatable bonds is 5. The Morgan fingerprint density at radius 2 is 1.90 bits per heavy atom. The van der Waals surface area contributed by atoms with Crippen LogP contribution < -0.4 is 0 Å². The molecule has 0 radical (unpaired) electrons. The van der Waals surface area contributed by atoms with Gasteiger partial charge in [-0.1, -0.05) is 39.3 Å². The van der Waals surface area contributed by atoms with Gasteiger partial charge < -0.3 is 23.7 Å². The third-order valence-corrected chi connectivity index (χ3v) is 10.8. The number of aliphatic hydroxyl groups excluding tert-OH is 1. The molecule has 0 amide bonds. The Bertz CT molecular complexity index is 1330.